The zero-order valence-electron chi connectivity index (χ0n) is 6.78. The highest BCUT2D eigenvalue weighted by Crippen LogP contribution is 2.28. The molecule has 0 aromatic rings. The number of hydrogen-bond acceptors (Lipinski definition) is 3. The molecule has 0 aliphatic heterocycles. The fourth-order valence-corrected chi connectivity index (χ4v) is 0.844. The van der Waals surface area contributed by atoms with E-state index in [4.69, 9.17) is 9.84 Å². The maximum Gasteiger partial charge on any atom is 0.310 e. The normalized spacial score (nSPS) is 16.0. The number of aliphatic carboxylic acids is 1. The molecule has 1 aliphatic rings. The van der Waals surface area contributed by atoms with Crippen LogP contribution in [0.25, 0.3) is 0 Å². The average Bonchev–Trinajstić information content (AvgIpc) is 2.69. The molecule has 0 bridgehead atoms. The Bertz CT molecular complexity index is 183. The van der Waals surface area contributed by atoms with Gasteiger partial charge < -0.3 is 9.84 Å². The minimum Gasteiger partial charge on any atom is -0.481 e. The molecule has 0 unspecified atom stereocenters. The van der Waals surface area contributed by atoms with Crippen LogP contribution in [0.2, 0.25) is 0 Å². The first-order valence-corrected chi connectivity index (χ1v) is 3.99. The van der Waals surface area contributed by atoms with Crippen molar-refractivity contribution in [3.8, 4) is 0 Å². The third-order valence-electron chi connectivity index (χ3n) is 1.66. The molecule has 1 rings (SSSR count). The largest absolute Gasteiger partial charge is 0.481 e. The second-order valence-corrected chi connectivity index (χ2v) is 3.07. The highest BCUT2D eigenvalue weighted by molar-refractivity contribution is 5.95. The van der Waals surface area contributed by atoms with E-state index >= 15 is 0 Å². The lowest BCUT2D eigenvalue weighted by atomic mass is 10.3. The Morgan fingerprint density at radius 3 is 2.58 bits per heavy atom. The number of carbonyl (C=O) groups is 2. The first kappa shape index (κ1) is 9.19. The second kappa shape index (κ2) is 4.21. The van der Waals surface area contributed by atoms with Gasteiger partial charge in [-0.2, -0.15) is 0 Å². The van der Waals surface area contributed by atoms with E-state index in [1.165, 1.54) is 12.8 Å². The molecular weight excluding hydrogens is 160 g/mol. The van der Waals surface area contributed by atoms with Gasteiger partial charge in [0.15, 0.2) is 5.78 Å². The standard InChI is InChI=1S/C8H12O4/c9-7(3-8(10)11)5-12-4-6-1-2-6/h6H,1-5H2,(H,10,11). The van der Waals surface area contributed by atoms with Crippen LogP contribution in [-0.4, -0.2) is 30.1 Å². The lowest BCUT2D eigenvalue weighted by Gasteiger charge is -1.99. The van der Waals surface area contributed by atoms with Crippen molar-refractivity contribution in [2.75, 3.05) is 13.2 Å². The summed E-state index contributed by atoms with van der Waals surface area (Å²) >= 11 is 0. The Balaban J connectivity index is 1.97. The average molecular weight is 172 g/mol. The SMILES string of the molecule is O=C(O)CC(=O)COCC1CC1. The van der Waals surface area contributed by atoms with Gasteiger partial charge in [0.25, 0.3) is 0 Å². The molecule has 0 saturated heterocycles. The molecule has 4 nitrogen and oxygen atoms in total. The number of ether oxygens (including phenoxy) is 1. The van der Waals surface area contributed by atoms with Crippen molar-refractivity contribution in [2.24, 2.45) is 5.92 Å². The molecule has 12 heavy (non-hydrogen) atoms. The molecule has 0 heterocycles. The van der Waals surface area contributed by atoms with Crippen molar-refractivity contribution in [1.29, 1.82) is 0 Å². The first-order valence-electron chi connectivity index (χ1n) is 3.99. The molecule has 1 N–H and O–H groups in total. The summed E-state index contributed by atoms with van der Waals surface area (Å²) in [5.41, 5.74) is 0. The van der Waals surface area contributed by atoms with Gasteiger partial charge in [-0.1, -0.05) is 0 Å². The molecule has 1 aliphatic carbocycles. The fourth-order valence-electron chi connectivity index (χ4n) is 0.844. The zero-order valence-corrected chi connectivity index (χ0v) is 6.78. The number of carboxylic acid groups (broad SMARTS) is 1. The van der Waals surface area contributed by atoms with E-state index < -0.39 is 12.4 Å². The van der Waals surface area contributed by atoms with Crippen molar-refractivity contribution in [3.05, 3.63) is 0 Å². The van der Waals surface area contributed by atoms with E-state index in [1.54, 1.807) is 0 Å². The molecule has 0 atom stereocenters. The van der Waals surface area contributed by atoms with Crippen LogP contribution in [0.4, 0.5) is 0 Å². The van der Waals surface area contributed by atoms with E-state index in [9.17, 15) is 9.59 Å². The molecule has 1 saturated carbocycles. The molecule has 0 radical (unpaired) electrons. The summed E-state index contributed by atoms with van der Waals surface area (Å²) in [6.45, 7) is 0.550. The lowest BCUT2D eigenvalue weighted by molar-refractivity contribution is -0.141. The van der Waals surface area contributed by atoms with Crippen LogP contribution < -0.4 is 0 Å². The van der Waals surface area contributed by atoms with E-state index in [-0.39, 0.29) is 12.4 Å². The van der Waals surface area contributed by atoms with E-state index in [0.29, 0.717) is 12.5 Å². The Morgan fingerprint density at radius 2 is 2.08 bits per heavy atom. The fraction of sp³-hybridized carbons (Fsp3) is 0.750. The number of ketones is 1. The molecule has 0 spiro atoms. The lowest BCUT2D eigenvalue weighted by Crippen LogP contribution is -2.14. The van der Waals surface area contributed by atoms with E-state index in [0.717, 1.165) is 0 Å². The van der Waals surface area contributed by atoms with Crippen LogP contribution in [0.5, 0.6) is 0 Å². The van der Waals surface area contributed by atoms with Crippen LogP contribution >= 0.6 is 0 Å². The summed E-state index contributed by atoms with van der Waals surface area (Å²) in [6, 6.07) is 0. The third-order valence-corrected chi connectivity index (χ3v) is 1.66. The van der Waals surface area contributed by atoms with Crippen LogP contribution in [0.1, 0.15) is 19.3 Å². The topological polar surface area (TPSA) is 63.6 Å². The smallest absolute Gasteiger partial charge is 0.310 e. The molecule has 4 heteroatoms. The molecular formula is C8H12O4. The minimum atomic E-state index is -1.09. The van der Waals surface area contributed by atoms with Crippen molar-refractivity contribution < 1.29 is 19.4 Å². The summed E-state index contributed by atoms with van der Waals surface area (Å²) in [6.07, 6.45) is 1.92. The van der Waals surface area contributed by atoms with Crippen LogP contribution in [0.15, 0.2) is 0 Å². The highest BCUT2D eigenvalue weighted by Gasteiger charge is 2.21. The quantitative estimate of drug-likeness (QED) is 0.591. The zero-order chi connectivity index (χ0) is 8.97. The number of rotatable bonds is 6. The summed E-state index contributed by atoms with van der Waals surface area (Å²) in [5, 5.41) is 8.23. The summed E-state index contributed by atoms with van der Waals surface area (Å²) < 4.78 is 5.01. The highest BCUT2D eigenvalue weighted by atomic mass is 16.5. The molecule has 68 valence electrons. The van der Waals surface area contributed by atoms with Crippen LogP contribution in [-0.2, 0) is 14.3 Å². The molecule has 0 aromatic carbocycles. The van der Waals surface area contributed by atoms with Gasteiger partial charge in [-0.3, -0.25) is 9.59 Å². The Labute approximate surface area is 70.5 Å². The van der Waals surface area contributed by atoms with Gasteiger partial charge in [0.2, 0.25) is 0 Å². The van der Waals surface area contributed by atoms with Gasteiger partial charge in [0.05, 0.1) is 0 Å². The molecule has 0 amide bonds. The van der Waals surface area contributed by atoms with Gasteiger partial charge in [0, 0.05) is 6.61 Å². The number of carbonyl (C=O) groups excluding carboxylic acids is 1. The number of hydrogen-bond donors (Lipinski definition) is 1. The monoisotopic (exact) mass is 172 g/mol. The van der Waals surface area contributed by atoms with E-state index in [2.05, 4.69) is 0 Å². The summed E-state index contributed by atoms with van der Waals surface area (Å²) in [4.78, 5) is 20.8. The van der Waals surface area contributed by atoms with Gasteiger partial charge in [-0.15, -0.1) is 0 Å². The minimum absolute atomic E-state index is 0.0528. The Morgan fingerprint density at radius 1 is 1.42 bits per heavy atom. The van der Waals surface area contributed by atoms with Crippen molar-refractivity contribution >= 4 is 11.8 Å². The predicted molar refractivity (Wildman–Crippen MR) is 40.8 cm³/mol. The Hall–Kier alpha value is -0.900. The number of Topliss-reactive ketones (excluding diaryl/α,β-unsaturated/α-hetero) is 1. The first-order chi connectivity index (χ1) is 5.68. The maximum absolute atomic E-state index is 10.7. The third kappa shape index (κ3) is 4.08. The second-order valence-electron chi connectivity index (χ2n) is 3.07. The van der Waals surface area contributed by atoms with Gasteiger partial charge >= 0.3 is 5.97 Å². The Kier molecular flexibility index (Phi) is 3.22. The van der Waals surface area contributed by atoms with Crippen molar-refractivity contribution in [2.45, 2.75) is 19.3 Å². The van der Waals surface area contributed by atoms with Gasteiger partial charge in [-0.25, -0.2) is 0 Å². The van der Waals surface area contributed by atoms with Crippen LogP contribution in [0, 0.1) is 5.92 Å². The maximum atomic E-state index is 10.7. The van der Waals surface area contributed by atoms with Crippen molar-refractivity contribution in [1.82, 2.24) is 0 Å². The van der Waals surface area contributed by atoms with Gasteiger partial charge in [-0.05, 0) is 18.8 Å². The molecule has 0 aromatic heterocycles. The summed E-state index contributed by atoms with van der Waals surface area (Å²) in [5.74, 6) is -0.833. The number of carboxylic acids is 1. The molecule has 1 fully saturated rings. The van der Waals surface area contributed by atoms with Gasteiger partial charge in [0.1, 0.15) is 13.0 Å². The predicted octanol–water partition coefficient (Wildman–Crippen LogP) is 0.457. The van der Waals surface area contributed by atoms with Crippen LogP contribution in [0.3, 0.4) is 0 Å². The van der Waals surface area contributed by atoms with E-state index in [1.807, 2.05) is 0 Å². The van der Waals surface area contributed by atoms with Crippen molar-refractivity contribution in [3.63, 3.8) is 0 Å². The summed E-state index contributed by atoms with van der Waals surface area (Å²) in [7, 11) is 0.